The van der Waals surface area contributed by atoms with Crippen LogP contribution in [0.4, 0.5) is 0 Å². The molecule has 2 bridgehead atoms. The fourth-order valence-corrected chi connectivity index (χ4v) is 6.13. The molecule has 33 heavy (non-hydrogen) atoms. The zero-order valence-corrected chi connectivity index (χ0v) is 19.1. The molecule has 6 rings (SSSR count). The second kappa shape index (κ2) is 8.07. The highest BCUT2D eigenvalue weighted by molar-refractivity contribution is 7.16. The fraction of sp³-hybridized carbons (Fsp3) is 0.417. The van der Waals surface area contributed by atoms with E-state index in [0.29, 0.717) is 18.0 Å². The molecule has 3 saturated heterocycles. The summed E-state index contributed by atoms with van der Waals surface area (Å²) in [4.78, 5) is 35.3. The van der Waals surface area contributed by atoms with Crippen LogP contribution in [0.2, 0.25) is 0 Å². The Morgan fingerprint density at radius 3 is 2.58 bits per heavy atom. The first-order valence-corrected chi connectivity index (χ1v) is 12.1. The molecule has 0 saturated carbocycles. The second-order valence-electron chi connectivity index (χ2n) is 9.03. The number of thiazole rings is 1. The number of hydrogen-bond acceptors (Lipinski definition) is 6. The van der Waals surface area contributed by atoms with Crippen molar-refractivity contribution in [2.75, 3.05) is 13.1 Å². The van der Waals surface area contributed by atoms with Gasteiger partial charge in [-0.15, -0.1) is 11.3 Å². The molecular weight excluding hydrogens is 438 g/mol. The molecule has 9 heteroatoms. The first-order chi connectivity index (χ1) is 16.1. The topological polar surface area (TPSA) is 80.6 Å². The molecule has 170 valence electrons. The SMILES string of the molecule is Cn1cc(-c2ncc(C(=O)N3C[C@@H]4C[C@H]3CN4C(=O)[C@@H]3CC[C@H](c4ccccc4)O3)s2)cn1. The Labute approximate surface area is 195 Å². The van der Waals surface area contributed by atoms with Gasteiger partial charge < -0.3 is 14.5 Å². The number of aromatic nitrogens is 3. The van der Waals surface area contributed by atoms with E-state index in [4.69, 9.17) is 4.74 Å². The second-order valence-corrected chi connectivity index (χ2v) is 10.1. The third-order valence-electron chi connectivity index (χ3n) is 6.92. The van der Waals surface area contributed by atoms with Gasteiger partial charge in [0, 0.05) is 31.9 Å². The van der Waals surface area contributed by atoms with Crippen molar-refractivity contribution >= 4 is 23.2 Å². The molecule has 0 aliphatic carbocycles. The zero-order valence-electron chi connectivity index (χ0n) is 18.3. The van der Waals surface area contributed by atoms with Gasteiger partial charge in [0.05, 0.1) is 30.6 Å². The molecule has 0 spiro atoms. The van der Waals surface area contributed by atoms with E-state index in [1.807, 2.05) is 41.2 Å². The summed E-state index contributed by atoms with van der Waals surface area (Å²) in [5.41, 5.74) is 2.04. The summed E-state index contributed by atoms with van der Waals surface area (Å²) >= 11 is 1.39. The highest BCUT2D eigenvalue weighted by Gasteiger charge is 2.49. The van der Waals surface area contributed by atoms with Crippen LogP contribution in [0.25, 0.3) is 10.6 Å². The summed E-state index contributed by atoms with van der Waals surface area (Å²) in [6, 6.07) is 10.2. The number of fused-ring (bicyclic) bond motifs is 2. The minimum Gasteiger partial charge on any atom is -0.360 e. The van der Waals surface area contributed by atoms with E-state index in [2.05, 4.69) is 22.2 Å². The maximum absolute atomic E-state index is 13.2. The van der Waals surface area contributed by atoms with Crippen LogP contribution in [0, 0.1) is 0 Å². The molecule has 0 radical (unpaired) electrons. The maximum Gasteiger partial charge on any atom is 0.265 e. The van der Waals surface area contributed by atoms with Crippen molar-refractivity contribution in [1.82, 2.24) is 24.6 Å². The molecule has 2 aromatic heterocycles. The number of piperazine rings is 1. The van der Waals surface area contributed by atoms with E-state index in [0.717, 1.165) is 35.4 Å². The van der Waals surface area contributed by atoms with Gasteiger partial charge in [-0.05, 0) is 24.8 Å². The van der Waals surface area contributed by atoms with Crippen LogP contribution in [0.15, 0.2) is 48.9 Å². The van der Waals surface area contributed by atoms with Crippen molar-refractivity contribution in [1.29, 1.82) is 0 Å². The minimum atomic E-state index is -0.387. The molecule has 4 atom stereocenters. The summed E-state index contributed by atoms with van der Waals surface area (Å²) < 4.78 is 7.86. The number of benzene rings is 1. The number of carbonyl (C=O) groups is 2. The molecular formula is C24H25N5O3S. The Balaban J connectivity index is 1.09. The van der Waals surface area contributed by atoms with E-state index < -0.39 is 0 Å². The summed E-state index contributed by atoms with van der Waals surface area (Å²) in [5.74, 6) is 0.0770. The van der Waals surface area contributed by atoms with Crippen LogP contribution >= 0.6 is 11.3 Å². The third-order valence-corrected chi connectivity index (χ3v) is 7.95. The molecule has 8 nitrogen and oxygen atoms in total. The largest absolute Gasteiger partial charge is 0.360 e. The average molecular weight is 464 g/mol. The Morgan fingerprint density at radius 1 is 1.06 bits per heavy atom. The molecule has 1 aromatic carbocycles. The zero-order chi connectivity index (χ0) is 22.5. The number of nitrogens with zero attached hydrogens (tertiary/aromatic N) is 5. The van der Waals surface area contributed by atoms with E-state index in [1.54, 1.807) is 17.1 Å². The number of rotatable bonds is 4. The van der Waals surface area contributed by atoms with Crippen LogP contribution in [0.3, 0.4) is 0 Å². The minimum absolute atomic E-state index is 0.00324. The summed E-state index contributed by atoms with van der Waals surface area (Å²) in [6.07, 6.45) is 7.33. The lowest BCUT2D eigenvalue weighted by atomic mass is 10.1. The lowest BCUT2D eigenvalue weighted by Gasteiger charge is -2.35. The van der Waals surface area contributed by atoms with Crippen molar-refractivity contribution in [3.8, 4) is 10.6 Å². The number of hydrogen-bond donors (Lipinski definition) is 0. The van der Waals surface area contributed by atoms with Gasteiger partial charge >= 0.3 is 0 Å². The van der Waals surface area contributed by atoms with Gasteiger partial charge in [0.1, 0.15) is 16.0 Å². The van der Waals surface area contributed by atoms with Crippen LogP contribution in [-0.4, -0.2) is 67.7 Å². The van der Waals surface area contributed by atoms with Crippen LogP contribution in [0.5, 0.6) is 0 Å². The van der Waals surface area contributed by atoms with Gasteiger partial charge in [-0.2, -0.15) is 5.10 Å². The number of likely N-dealkylation sites (tertiary alicyclic amines) is 2. The van der Waals surface area contributed by atoms with Gasteiger partial charge in [-0.1, -0.05) is 30.3 Å². The van der Waals surface area contributed by atoms with Gasteiger partial charge in [-0.25, -0.2) is 4.98 Å². The molecule has 0 N–H and O–H groups in total. The fourth-order valence-electron chi connectivity index (χ4n) is 5.28. The predicted octanol–water partition coefficient (Wildman–Crippen LogP) is 2.89. The van der Waals surface area contributed by atoms with Crippen LogP contribution in [0.1, 0.15) is 40.6 Å². The van der Waals surface area contributed by atoms with Crippen molar-refractivity contribution in [2.45, 2.75) is 43.6 Å². The molecule has 3 aliphatic heterocycles. The van der Waals surface area contributed by atoms with E-state index >= 15 is 0 Å². The molecule has 3 fully saturated rings. The highest BCUT2D eigenvalue weighted by Crippen LogP contribution is 2.38. The standard InChI is InChI=1S/C24H25N5O3S/c1-27-12-16(10-26-27)22-25-11-21(33-22)24(31)29-14-17-9-18(29)13-28(17)23(30)20-8-7-19(32-20)15-5-3-2-4-6-15/h2-6,10-12,17-20H,7-9,13-14H2,1H3/t17-,18-,19+,20-/m0/s1. The predicted molar refractivity (Wildman–Crippen MR) is 123 cm³/mol. The first-order valence-electron chi connectivity index (χ1n) is 11.3. The molecule has 2 amide bonds. The van der Waals surface area contributed by atoms with Crippen molar-refractivity contribution in [2.24, 2.45) is 7.05 Å². The molecule has 3 aromatic rings. The average Bonchev–Trinajstić information content (AvgIpc) is 3.65. The monoisotopic (exact) mass is 463 g/mol. The number of aryl methyl sites for hydroxylation is 1. The quantitative estimate of drug-likeness (QED) is 0.594. The molecule has 5 heterocycles. The number of ether oxygens (including phenoxy) is 1. The van der Waals surface area contributed by atoms with Crippen LogP contribution < -0.4 is 0 Å². The van der Waals surface area contributed by atoms with Gasteiger partial charge in [0.2, 0.25) is 0 Å². The lowest BCUT2D eigenvalue weighted by molar-refractivity contribution is -0.145. The van der Waals surface area contributed by atoms with Crippen molar-refractivity contribution in [3.05, 3.63) is 59.4 Å². The van der Waals surface area contributed by atoms with Gasteiger partial charge in [0.15, 0.2) is 0 Å². The van der Waals surface area contributed by atoms with E-state index in [1.165, 1.54) is 11.3 Å². The van der Waals surface area contributed by atoms with Gasteiger partial charge in [0.25, 0.3) is 11.8 Å². The smallest absolute Gasteiger partial charge is 0.265 e. The normalized spacial score (nSPS) is 26.3. The van der Waals surface area contributed by atoms with Crippen molar-refractivity contribution in [3.63, 3.8) is 0 Å². The summed E-state index contributed by atoms with van der Waals surface area (Å²) in [5, 5.41) is 4.97. The van der Waals surface area contributed by atoms with E-state index in [9.17, 15) is 9.59 Å². The Kier molecular flexibility index (Phi) is 5.03. The molecule has 0 unspecified atom stereocenters. The lowest BCUT2D eigenvalue weighted by Crippen LogP contribution is -2.52. The Hall–Kier alpha value is -3.04. The van der Waals surface area contributed by atoms with E-state index in [-0.39, 0.29) is 36.1 Å². The van der Waals surface area contributed by atoms with Crippen LogP contribution in [-0.2, 0) is 16.6 Å². The molecule has 3 aliphatic rings. The van der Waals surface area contributed by atoms with Crippen molar-refractivity contribution < 1.29 is 14.3 Å². The Morgan fingerprint density at radius 2 is 1.85 bits per heavy atom. The first kappa shape index (κ1) is 20.6. The third kappa shape index (κ3) is 3.65. The summed E-state index contributed by atoms with van der Waals surface area (Å²) in [6.45, 7) is 1.16. The maximum atomic E-state index is 13.2. The number of carbonyl (C=O) groups excluding carboxylic acids is 2. The van der Waals surface area contributed by atoms with Gasteiger partial charge in [-0.3, -0.25) is 14.3 Å². The summed E-state index contributed by atoms with van der Waals surface area (Å²) in [7, 11) is 1.86. The Bertz CT molecular complexity index is 1190. The number of amides is 2. The highest BCUT2D eigenvalue weighted by atomic mass is 32.1.